The lowest BCUT2D eigenvalue weighted by molar-refractivity contribution is -0.406. The molecule has 8 heteroatoms. The van der Waals surface area contributed by atoms with E-state index in [1.165, 1.54) is 35.7 Å². The molecule has 1 heterocycles. The van der Waals surface area contributed by atoms with Crippen LogP contribution in [0.5, 0.6) is 0 Å². The first-order chi connectivity index (χ1) is 11.3. The van der Waals surface area contributed by atoms with Gasteiger partial charge in [-0.05, 0) is 31.2 Å². The summed E-state index contributed by atoms with van der Waals surface area (Å²) in [4.78, 5) is 17.3. The zero-order chi connectivity index (χ0) is 17.3. The first-order valence-corrected chi connectivity index (χ1v) is 8.98. The summed E-state index contributed by atoms with van der Waals surface area (Å²) < 4.78 is 38.4. The lowest BCUT2D eigenvalue weighted by Gasteiger charge is -2.29. The van der Waals surface area contributed by atoms with Crippen LogP contribution < -0.4 is 0 Å². The molecule has 1 aliphatic heterocycles. The van der Waals surface area contributed by atoms with E-state index in [0.717, 1.165) is 9.96 Å². The van der Waals surface area contributed by atoms with Gasteiger partial charge in [0.2, 0.25) is 0 Å². The number of hydrogen-bond donors (Lipinski definition) is 0. The van der Waals surface area contributed by atoms with E-state index in [1.54, 1.807) is 0 Å². The Bertz CT molecular complexity index is 688. The highest BCUT2D eigenvalue weighted by Crippen LogP contribution is 2.49. The number of halogens is 3. The molecule has 0 N–H and O–H groups in total. The number of benzene rings is 1. The minimum absolute atomic E-state index is 0.0873. The molecule has 1 aromatic carbocycles. The Balaban J connectivity index is 1.84. The normalized spacial score (nSPS) is 22.1. The number of carbonyl (C=O) groups excluding carboxylic acids is 1. The standard InChI is InChI=1S/C16H14F3NO2S2/c1-10(23-12-5-3-2-4-6-12)15-20(22-16(17,18)19)13-8-7-11(21)9-14(13)24-15/h2-6,8-10,15H,7H2,1H3. The smallest absolute Gasteiger partial charge is 0.294 e. The van der Waals surface area contributed by atoms with Crippen LogP contribution in [0.15, 0.2) is 58.0 Å². The van der Waals surface area contributed by atoms with Gasteiger partial charge in [-0.25, -0.2) is 5.06 Å². The summed E-state index contributed by atoms with van der Waals surface area (Å²) >= 11 is 2.69. The largest absolute Gasteiger partial charge is 0.544 e. The zero-order valence-corrected chi connectivity index (χ0v) is 14.3. The van der Waals surface area contributed by atoms with Crippen molar-refractivity contribution < 1.29 is 22.8 Å². The van der Waals surface area contributed by atoms with Crippen molar-refractivity contribution in [3.05, 3.63) is 53.1 Å². The Morgan fingerprint density at radius 3 is 2.71 bits per heavy atom. The number of ketones is 1. The van der Waals surface area contributed by atoms with Crippen LogP contribution in [0, 0.1) is 0 Å². The highest BCUT2D eigenvalue weighted by Gasteiger charge is 2.45. The van der Waals surface area contributed by atoms with E-state index in [-0.39, 0.29) is 17.5 Å². The number of carbonyl (C=O) groups is 1. The van der Waals surface area contributed by atoms with Crippen molar-refractivity contribution in [1.82, 2.24) is 5.06 Å². The maximum absolute atomic E-state index is 12.8. The van der Waals surface area contributed by atoms with Gasteiger partial charge >= 0.3 is 6.36 Å². The van der Waals surface area contributed by atoms with Crippen molar-refractivity contribution in [1.29, 1.82) is 0 Å². The predicted molar refractivity (Wildman–Crippen MR) is 87.9 cm³/mol. The molecule has 2 unspecified atom stereocenters. The van der Waals surface area contributed by atoms with Crippen LogP contribution >= 0.6 is 23.5 Å². The predicted octanol–water partition coefficient (Wildman–Crippen LogP) is 4.73. The second-order valence-electron chi connectivity index (χ2n) is 5.28. The third-order valence-corrected chi connectivity index (χ3v) is 6.19. The quantitative estimate of drug-likeness (QED) is 0.712. The second kappa shape index (κ2) is 6.85. The average Bonchev–Trinajstić information content (AvgIpc) is 2.84. The van der Waals surface area contributed by atoms with Crippen LogP contribution in [0.4, 0.5) is 13.2 Å². The molecule has 1 aromatic rings. The first kappa shape index (κ1) is 17.4. The Labute approximate surface area is 145 Å². The second-order valence-corrected chi connectivity index (χ2v) is 7.88. The van der Waals surface area contributed by atoms with Gasteiger partial charge in [-0.3, -0.25) is 4.79 Å². The van der Waals surface area contributed by atoms with Crippen LogP contribution in [0.1, 0.15) is 13.3 Å². The zero-order valence-electron chi connectivity index (χ0n) is 12.6. The Morgan fingerprint density at radius 2 is 2.04 bits per heavy atom. The summed E-state index contributed by atoms with van der Waals surface area (Å²) in [7, 11) is 0. The lowest BCUT2D eigenvalue weighted by atomic mass is 10.1. The van der Waals surface area contributed by atoms with Gasteiger partial charge in [0.05, 0.1) is 5.70 Å². The molecule has 128 valence electrons. The number of hydrogen-bond acceptors (Lipinski definition) is 5. The molecule has 1 fully saturated rings. The van der Waals surface area contributed by atoms with Gasteiger partial charge in [0, 0.05) is 21.5 Å². The minimum Gasteiger partial charge on any atom is -0.294 e. The van der Waals surface area contributed by atoms with Crippen molar-refractivity contribution in [2.45, 2.75) is 35.2 Å². The van der Waals surface area contributed by atoms with Gasteiger partial charge in [0.15, 0.2) is 5.78 Å². The molecular weight excluding hydrogens is 359 g/mol. The Hall–Kier alpha value is -1.38. The van der Waals surface area contributed by atoms with Gasteiger partial charge in [-0.2, -0.15) is 4.84 Å². The van der Waals surface area contributed by atoms with E-state index >= 15 is 0 Å². The average molecular weight is 373 g/mol. The SMILES string of the molecule is CC(Sc1ccccc1)C1SC2=CC(=O)CC=C2N1OC(F)(F)F. The number of nitrogens with zero attached hydrogens (tertiary/aromatic N) is 1. The molecule has 0 amide bonds. The molecule has 1 aliphatic carbocycles. The molecule has 0 aromatic heterocycles. The van der Waals surface area contributed by atoms with Crippen molar-refractivity contribution in [2.24, 2.45) is 0 Å². The highest BCUT2D eigenvalue weighted by atomic mass is 32.2. The van der Waals surface area contributed by atoms with Crippen molar-refractivity contribution in [2.75, 3.05) is 0 Å². The molecule has 3 nitrogen and oxygen atoms in total. The van der Waals surface area contributed by atoms with Gasteiger partial charge in [0.1, 0.15) is 5.37 Å². The Kier molecular flexibility index (Phi) is 4.98. The number of rotatable bonds is 4. The minimum atomic E-state index is -4.78. The molecule has 0 bridgehead atoms. The lowest BCUT2D eigenvalue weighted by Crippen LogP contribution is -2.38. The first-order valence-electron chi connectivity index (χ1n) is 7.22. The van der Waals surface area contributed by atoms with Crippen molar-refractivity contribution >= 4 is 29.3 Å². The summed E-state index contributed by atoms with van der Waals surface area (Å²) in [5.74, 6) is -0.114. The maximum atomic E-state index is 12.8. The van der Waals surface area contributed by atoms with Crippen LogP contribution in [0.25, 0.3) is 0 Å². The Morgan fingerprint density at radius 1 is 1.33 bits per heavy atom. The molecular formula is C16H14F3NO2S2. The molecule has 24 heavy (non-hydrogen) atoms. The molecule has 3 rings (SSSR count). The molecule has 2 aliphatic rings. The number of thioether (sulfide) groups is 2. The third kappa shape index (κ3) is 3.99. The van der Waals surface area contributed by atoms with Crippen molar-refractivity contribution in [3.8, 4) is 0 Å². The number of fused-ring (bicyclic) bond motifs is 1. The van der Waals surface area contributed by atoms with E-state index in [2.05, 4.69) is 4.84 Å². The number of allylic oxidation sites excluding steroid dienone is 2. The third-order valence-electron chi connectivity index (χ3n) is 3.43. The number of hydroxylamine groups is 2. The summed E-state index contributed by atoms with van der Waals surface area (Å²) in [6.45, 7) is 1.85. The van der Waals surface area contributed by atoms with Gasteiger partial charge in [-0.1, -0.05) is 30.0 Å². The van der Waals surface area contributed by atoms with Crippen molar-refractivity contribution in [3.63, 3.8) is 0 Å². The van der Waals surface area contributed by atoms with E-state index < -0.39 is 11.7 Å². The van der Waals surface area contributed by atoms with E-state index in [0.29, 0.717) is 10.6 Å². The van der Waals surface area contributed by atoms with Gasteiger partial charge < -0.3 is 0 Å². The summed E-state index contributed by atoms with van der Waals surface area (Å²) in [6, 6.07) is 9.46. The molecule has 0 radical (unpaired) electrons. The summed E-state index contributed by atoms with van der Waals surface area (Å²) in [5.41, 5.74) is 0.322. The number of alkyl halides is 3. The fraction of sp³-hybridized carbons (Fsp3) is 0.312. The van der Waals surface area contributed by atoms with Crippen LogP contribution in [0.3, 0.4) is 0 Å². The highest BCUT2D eigenvalue weighted by molar-refractivity contribution is 8.06. The summed E-state index contributed by atoms with van der Waals surface area (Å²) in [6.07, 6.45) is -1.80. The maximum Gasteiger partial charge on any atom is 0.544 e. The summed E-state index contributed by atoms with van der Waals surface area (Å²) in [5, 5.41) is 0.117. The van der Waals surface area contributed by atoms with Crippen LogP contribution in [-0.4, -0.2) is 27.8 Å². The molecule has 0 spiro atoms. The van der Waals surface area contributed by atoms with Gasteiger partial charge in [0.25, 0.3) is 0 Å². The topological polar surface area (TPSA) is 29.5 Å². The van der Waals surface area contributed by atoms with E-state index in [4.69, 9.17) is 0 Å². The fourth-order valence-electron chi connectivity index (χ4n) is 2.46. The molecule has 1 saturated heterocycles. The van der Waals surface area contributed by atoms with Crippen LogP contribution in [-0.2, 0) is 9.63 Å². The fourth-order valence-corrected chi connectivity index (χ4v) is 4.96. The van der Waals surface area contributed by atoms with Gasteiger partial charge in [-0.15, -0.1) is 24.9 Å². The molecule has 2 atom stereocenters. The monoisotopic (exact) mass is 373 g/mol. The van der Waals surface area contributed by atoms with E-state index in [1.807, 2.05) is 37.3 Å². The molecule has 0 saturated carbocycles. The van der Waals surface area contributed by atoms with Crippen LogP contribution in [0.2, 0.25) is 0 Å². The van der Waals surface area contributed by atoms with E-state index in [9.17, 15) is 18.0 Å².